The number of fused-ring (bicyclic) bond motifs is 1. The lowest BCUT2D eigenvalue weighted by molar-refractivity contribution is 0.0642. The Bertz CT molecular complexity index is 629. The van der Waals surface area contributed by atoms with Gasteiger partial charge in [-0.3, -0.25) is 14.5 Å². The molecule has 3 nitrogen and oxygen atoms in total. The van der Waals surface area contributed by atoms with E-state index in [9.17, 15) is 9.59 Å². The summed E-state index contributed by atoms with van der Waals surface area (Å²) in [6.07, 6.45) is 0. The van der Waals surface area contributed by atoms with Crippen LogP contribution in [-0.4, -0.2) is 16.7 Å². The van der Waals surface area contributed by atoms with Crippen LogP contribution in [0.4, 0.5) is 0 Å². The highest BCUT2D eigenvalue weighted by molar-refractivity contribution is 6.30. The maximum Gasteiger partial charge on any atom is 0.261 e. The second-order valence-electron chi connectivity index (χ2n) is 4.37. The molecule has 0 aliphatic carbocycles. The second kappa shape index (κ2) is 4.52. The Hall–Kier alpha value is -2.13. The zero-order chi connectivity index (χ0) is 13.4. The van der Waals surface area contributed by atoms with Gasteiger partial charge in [-0.25, -0.2) is 0 Å². The van der Waals surface area contributed by atoms with Gasteiger partial charge in [0.2, 0.25) is 0 Å². The fraction of sp³-hybridized carbons (Fsp3) is 0.0667. The molecule has 0 saturated heterocycles. The molecular weight excluding hydrogens is 262 g/mol. The van der Waals surface area contributed by atoms with Gasteiger partial charge in [-0.2, -0.15) is 0 Å². The predicted octanol–water partition coefficient (Wildman–Crippen LogP) is 3.14. The van der Waals surface area contributed by atoms with Gasteiger partial charge in [-0.15, -0.1) is 0 Å². The fourth-order valence-electron chi connectivity index (χ4n) is 2.16. The lowest BCUT2D eigenvalue weighted by Crippen LogP contribution is -2.29. The lowest BCUT2D eigenvalue weighted by atomic mass is 10.1. The Morgan fingerprint density at radius 2 is 1.37 bits per heavy atom. The number of hydrogen-bond donors (Lipinski definition) is 0. The van der Waals surface area contributed by atoms with Crippen molar-refractivity contribution < 1.29 is 9.59 Å². The number of carbonyl (C=O) groups is 2. The Kier molecular flexibility index (Phi) is 2.84. The van der Waals surface area contributed by atoms with Crippen LogP contribution in [0.15, 0.2) is 48.5 Å². The molecule has 0 unspecified atom stereocenters. The van der Waals surface area contributed by atoms with Crippen LogP contribution in [-0.2, 0) is 6.54 Å². The average molecular weight is 272 g/mol. The van der Waals surface area contributed by atoms with E-state index in [1.54, 1.807) is 36.4 Å². The SMILES string of the molecule is O=C1c2ccccc2C(=O)N1Cc1ccc(Cl)cc1. The van der Waals surface area contributed by atoms with E-state index >= 15 is 0 Å². The molecule has 2 aromatic rings. The average Bonchev–Trinajstić information content (AvgIpc) is 2.67. The van der Waals surface area contributed by atoms with Crippen LogP contribution in [0.3, 0.4) is 0 Å². The number of imide groups is 1. The first-order valence-electron chi connectivity index (χ1n) is 5.86. The van der Waals surface area contributed by atoms with E-state index < -0.39 is 0 Å². The number of amides is 2. The quantitative estimate of drug-likeness (QED) is 0.787. The first-order valence-corrected chi connectivity index (χ1v) is 6.24. The molecule has 19 heavy (non-hydrogen) atoms. The van der Waals surface area contributed by atoms with E-state index in [1.165, 1.54) is 4.90 Å². The van der Waals surface area contributed by atoms with Crippen molar-refractivity contribution in [3.8, 4) is 0 Å². The van der Waals surface area contributed by atoms with Gasteiger partial charge in [0, 0.05) is 5.02 Å². The van der Waals surface area contributed by atoms with Crippen molar-refractivity contribution >= 4 is 23.4 Å². The Morgan fingerprint density at radius 1 is 0.842 bits per heavy atom. The summed E-state index contributed by atoms with van der Waals surface area (Å²) in [5.41, 5.74) is 1.82. The topological polar surface area (TPSA) is 37.4 Å². The standard InChI is InChI=1S/C15H10ClNO2/c16-11-7-5-10(6-8-11)9-17-14(18)12-3-1-2-4-13(12)15(17)19/h1-8H,9H2. The molecule has 2 aromatic carbocycles. The van der Waals surface area contributed by atoms with Gasteiger partial charge in [0.1, 0.15) is 0 Å². The predicted molar refractivity (Wildman–Crippen MR) is 72.1 cm³/mol. The van der Waals surface area contributed by atoms with E-state index in [0.29, 0.717) is 16.1 Å². The third kappa shape index (κ3) is 2.02. The highest BCUT2D eigenvalue weighted by Crippen LogP contribution is 2.24. The minimum absolute atomic E-state index is 0.240. The summed E-state index contributed by atoms with van der Waals surface area (Å²) in [5, 5.41) is 0.631. The highest BCUT2D eigenvalue weighted by atomic mass is 35.5. The summed E-state index contributed by atoms with van der Waals surface area (Å²) < 4.78 is 0. The maximum atomic E-state index is 12.2. The van der Waals surface area contributed by atoms with Crippen molar-refractivity contribution in [3.63, 3.8) is 0 Å². The molecule has 0 N–H and O–H groups in total. The molecule has 0 radical (unpaired) electrons. The Labute approximate surface area is 115 Å². The minimum atomic E-state index is -0.240. The van der Waals surface area contributed by atoms with Gasteiger partial charge in [0.15, 0.2) is 0 Å². The summed E-state index contributed by atoms with van der Waals surface area (Å²) in [6.45, 7) is 0.267. The first kappa shape index (κ1) is 11.9. The molecule has 0 saturated carbocycles. The van der Waals surface area contributed by atoms with Crippen molar-refractivity contribution in [2.45, 2.75) is 6.54 Å². The summed E-state index contributed by atoms with van der Waals surface area (Å²) in [6, 6.07) is 14.0. The molecule has 0 aromatic heterocycles. The molecule has 1 aliphatic heterocycles. The van der Waals surface area contributed by atoms with Gasteiger partial charge in [-0.1, -0.05) is 35.9 Å². The summed E-state index contributed by atoms with van der Waals surface area (Å²) in [7, 11) is 0. The molecule has 0 spiro atoms. The van der Waals surface area contributed by atoms with Crippen LogP contribution < -0.4 is 0 Å². The largest absolute Gasteiger partial charge is 0.270 e. The number of halogens is 1. The minimum Gasteiger partial charge on any atom is -0.270 e. The molecule has 4 heteroatoms. The molecule has 3 rings (SSSR count). The zero-order valence-electron chi connectivity index (χ0n) is 9.97. The summed E-state index contributed by atoms with van der Waals surface area (Å²) >= 11 is 5.81. The molecule has 1 aliphatic rings. The van der Waals surface area contributed by atoms with Gasteiger partial charge < -0.3 is 0 Å². The van der Waals surface area contributed by atoms with E-state index in [1.807, 2.05) is 12.1 Å². The van der Waals surface area contributed by atoms with Gasteiger partial charge in [0.05, 0.1) is 17.7 Å². The van der Waals surface area contributed by atoms with E-state index in [4.69, 9.17) is 11.6 Å². The molecule has 0 bridgehead atoms. The lowest BCUT2D eigenvalue weighted by Gasteiger charge is -2.13. The van der Waals surface area contributed by atoms with Crippen LogP contribution in [0.5, 0.6) is 0 Å². The zero-order valence-corrected chi connectivity index (χ0v) is 10.7. The van der Waals surface area contributed by atoms with Gasteiger partial charge in [0.25, 0.3) is 11.8 Å². The van der Waals surface area contributed by atoms with Gasteiger partial charge >= 0.3 is 0 Å². The van der Waals surface area contributed by atoms with Crippen molar-refractivity contribution in [2.75, 3.05) is 0 Å². The number of carbonyl (C=O) groups excluding carboxylic acids is 2. The molecule has 0 atom stereocenters. The first-order chi connectivity index (χ1) is 9.16. The third-order valence-corrected chi connectivity index (χ3v) is 3.38. The monoisotopic (exact) mass is 271 g/mol. The van der Waals surface area contributed by atoms with Crippen molar-refractivity contribution in [3.05, 3.63) is 70.2 Å². The molecule has 1 heterocycles. The summed E-state index contributed by atoms with van der Waals surface area (Å²) in [5.74, 6) is -0.480. The number of benzene rings is 2. The normalized spacial score (nSPS) is 13.8. The molecule has 0 fully saturated rings. The Balaban J connectivity index is 1.90. The van der Waals surface area contributed by atoms with Crippen LogP contribution in [0, 0.1) is 0 Å². The second-order valence-corrected chi connectivity index (χ2v) is 4.80. The molecular formula is C15H10ClNO2. The van der Waals surface area contributed by atoms with Crippen LogP contribution >= 0.6 is 11.6 Å². The Morgan fingerprint density at radius 3 is 1.89 bits per heavy atom. The number of hydrogen-bond acceptors (Lipinski definition) is 2. The molecule has 2 amide bonds. The fourth-order valence-corrected chi connectivity index (χ4v) is 2.28. The highest BCUT2D eigenvalue weighted by Gasteiger charge is 2.34. The third-order valence-electron chi connectivity index (χ3n) is 3.13. The number of nitrogens with zero attached hydrogens (tertiary/aromatic N) is 1. The van der Waals surface area contributed by atoms with Crippen LogP contribution in [0.2, 0.25) is 5.02 Å². The van der Waals surface area contributed by atoms with Crippen molar-refractivity contribution in [1.82, 2.24) is 4.90 Å². The molecule has 94 valence electrons. The van der Waals surface area contributed by atoms with E-state index in [0.717, 1.165) is 5.56 Å². The van der Waals surface area contributed by atoms with Crippen molar-refractivity contribution in [1.29, 1.82) is 0 Å². The van der Waals surface area contributed by atoms with Crippen molar-refractivity contribution in [2.24, 2.45) is 0 Å². The van der Waals surface area contributed by atoms with Crippen LogP contribution in [0.25, 0.3) is 0 Å². The maximum absolute atomic E-state index is 12.2. The summed E-state index contributed by atoms with van der Waals surface area (Å²) in [4.78, 5) is 25.6. The van der Waals surface area contributed by atoms with E-state index in [2.05, 4.69) is 0 Å². The van der Waals surface area contributed by atoms with Gasteiger partial charge in [-0.05, 0) is 29.8 Å². The number of rotatable bonds is 2. The van der Waals surface area contributed by atoms with Crippen LogP contribution in [0.1, 0.15) is 26.3 Å². The van der Waals surface area contributed by atoms with E-state index in [-0.39, 0.29) is 18.4 Å². The smallest absolute Gasteiger partial charge is 0.261 e.